The van der Waals surface area contributed by atoms with E-state index < -0.39 is 0 Å². The van der Waals surface area contributed by atoms with Gasteiger partial charge in [0.2, 0.25) is 5.91 Å². The Balaban J connectivity index is 2.10. The molecule has 1 N–H and O–H groups in total. The van der Waals surface area contributed by atoms with Gasteiger partial charge in [-0.15, -0.1) is 0 Å². The van der Waals surface area contributed by atoms with E-state index in [1.54, 1.807) is 0 Å². The maximum absolute atomic E-state index is 11.9. The average Bonchev–Trinajstić information content (AvgIpc) is 2.36. The fraction of sp³-hybridized carbons (Fsp3) is 0.929. The first-order valence-corrected chi connectivity index (χ1v) is 7.26. The number of carbonyl (C=O) groups excluding carboxylic acids is 1. The quantitative estimate of drug-likeness (QED) is 0.742. The molecule has 1 aliphatic heterocycles. The second kappa shape index (κ2) is 8.48. The molecule has 1 heterocycles. The molecular weight excluding hydrogens is 226 g/mol. The molecule has 1 amide bonds. The molecule has 0 unspecified atom stereocenters. The number of nitrogens with zero attached hydrogens (tertiary/aromatic N) is 2. The van der Waals surface area contributed by atoms with E-state index in [9.17, 15) is 4.79 Å². The summed E-state index contributed by atoms with van der Waals surface area (Å²) in [6.07, 6.45) is 2.99. The zero-order valence-corrected chi connectivity index (χ0v) is 12.2. The van der Waals surface area contributed by atoms with E-state index in [0.29, 0.717) is 6.42 Å². The van der Waals surface area contributed by atoms with Crippen LogP contribution < -0.4 is 5.32 Å². The SMILES string of the molecule is CC(C)CCCN(C)C(=O)CCN1CCNCC1. The second-order valence-corrected chi connectivity index (χ2v) is 5.69. The molecule has 106 valence electrons. The van der Waals surface area contributed by atoms with E-state index in [-0.39, 0.29) is 5.91 Å². The number of nitrogens with one attached hydrogen (secondary N) is 1. The minimum Gasteiger partial charge on any atom is -0.346 e. The molecule has 1 rings (SSSR count). The molecule has 0 aliphatic carbocycles. The van der Waals surface area contributed by atoms with Crippen LogP contribution in [0.1, 0.15) is 33.1 Å². The van der Waals surface area contributed by atoms with Gasteiger partial charge in [-0.3, -0.25) is 4.79 Å². The number of hydrogen-bond acceptors (Lipinski definition) is 3. The molecule has 1 aliphatic rings. The normalized spacial score (nSPS) is 17.1. The van der Waals surface area contributed by atoms with E-state index in [2.05, 4.69) is 24.1 Å². The highest BCUT2D eigenvalue weighted by Gasteiger charge is 2.13. The largest absolute Gasteiger partial charge is 0.346 e. The third kappa shape index (κ3) is 6.36. The molecule has 0 spiro atoms. The van der Waals surface area contributed by atoms with Crippen molar-refractivity contribution in [1.29, 1.82) is 0 Å². The predicted octanol–water partition coefficient (Wildman–Crippen LogP) is 1.18. The van der Waals surface area contributed by atoms with Crippen LogP contribution in [0.15, 0.2) is 0 Å². The highest BCUT2D eigenvalue weighted by molar-refractivity contribution is 5.76. The molecule has 0 atom stereocenters. The van der Waals surface area contributed by atoms with Crippen molar-refractivity contribution < 1.29 is 4.79 Å². The lowest BCUT2D eigenvalue weighted by molar-refractivity contribution is -0.130. The van der Waals surface area contributed by atoms with Crippen molar-refractivity contribution in [3.63, 3.8) is 0 Å². The predicted molar refractivity (Wildman–Crippen MR) is 75.6 cm³/mol. The molecule has 0 aromatic rings. The van der Waals surface area contributed by atoms with Gasteiger partial charge in [0.1, 0.15) is 0 Å². The van der Waals surface area contributed by atoms with Gasteiger partial charge in [0, 0.05) is 52.7 Å². The van der Waals surface area contributed by atoms with Crippen LogP contribution in [0.5, 0.6) is 0 Å². The van der Waals surface area contributed by atoms with Crippen LogP contribution in [-0.2, 0) is 4.79 Å². The summed E-state index contributed by atoms with van der Waals surface area (Å²) >= 11 is 0. The lowest BCUT2D eigenvalue weighted by Crippen LogP contribution is -2.44. The Morgan fingerprint density at radius 2 is 2.00 bits per heavy atom. The van der Waals surface area contributed by atoms with E-state index in [1.165, 1.54) is 6.42 Å². The van der Waals surface area contributed by atoms with Gasteiger partial charge in [-0.1, -0.05) is 13.8 Å². The lowest BCUT2D eigenvalue weighted by atomic mass is 10.1. The summed E-state index contributed by atoms with van der Waals surface area (Å²) in [7, 11) is 1.93. The highest BCUT2D eigenvalue weighted by Crippen LogP contribution is 2.05. The smallest absolute Gasteiger partial charge is 0.223 e. The minimum absolute atomic E-state index is 0.289. The van der Waals surface area contributed by atoms with Crippen LogP contribution in [0, 0.1) is 5.92 Å². The molecule has 4 heteroatoms. The van der Waals surface area contributed by atoms with Crippen LogP contribution in [-0.4, -0.2) is 62.0 Å². The van der Waals surface area contributed by atoms with Crippen LogP contribution >= 0.6 is 0 Å². The van der Waals surface area contributed by atoms with E-state index in [1.807, 2.05) is 11.9 Å². The average molecular weight is 255 g/mol. The Hall–Kier alpha value is -0.610. The Kier molecular flexibility index (Phi) is 7.28. The Bertz CT molecular complexity index is 237. The fourth-order valence-corrected chi connectivity index (χ4v) is 2.24. The summed E-state index contributed by atoms with van der Waals surface area (Å²) < 4.78 is 0. The topological polar surface area (TPSA) is 35.6 Å². The van der Waals surface area contributed by atoms with Crippen molar-refractivity contribution in [2.75, 3.05) is 46.3 Å². The van der Waals surface area contributed by atoms with Gasteiger partial charge in [0.15, 0.2) is 0 Å². The second-order valence-electron chi connectivity index (χ2n) is 5.69. The molecule has 0 radical (unpaired) electrons. The fourth-order valence-electron chi connectivity index (χ4n) is 2.24. The molecule has 0 aromatic carbocycles. The summed E-state index contributed by atoms with van der Waals surface area (Å²) in [5.41, 5.74) is 0. The van der Waals surface area contributed by atoms with E-state index in [4.69, 9.17) is 0 Å². The molecular formula is C14H29N3O. The van der Waals surface area contributed by atoms with Gasteiger partial charge in [-0.05, 0) is 18.8 Å². The van der Waals surface area contributed by atoms with Crippen LogP contribution in [0.25, 0.3) is 0 Å². The lowest BCUT2D eigenvalue weighted by Gasteiger charge is -2.27. The molecule has 18 heavy (non-hydrogen) atoms. The first kappa shape index (κ1) is 15.4. The zero-order valence-electron chi connectivity index (χ0n) is 12.2. The minimum atomic E-state index is 0.289. The first-order valence-electron chi connectivity index (χ1n) is 7.26. The van der Waals surface area contributed by atoms with Crippen molar-refractivity contribution in [2.45, 2.75) is 33.1 Å². The highest BCUT2D eigenvalue weighted by atomic mass is 16.2. The van der Waals surface area contributed by atoms with Crippen molar-refractivity contribution in [3.05, 3.63) is 0 Å². The van der Waals surface area contributed by atoms with Gasteiger partial charge in [-0.25, -0.2) is 0 Å². The van der Waals surface area contributed by atoms with Crippen molar-refractivity contribution >= 4 is 5.91 Å². The maximum atomic E-state index is 11.9. The van der Waals surface area contributed by atoms with Crippen molar-refractivity contribution in [1.82, 2.24) is 15.1 Å². The summed E-state index contributed by atoms with van der Waals surface area (Å²) in [6, 6.07) is 0. The molecule has 0 saturated carbocycles. The third-order valence-corrected chi connectivity index (χ3v) is 3.55. The van der Waals surface area contributed by atoms with Gasteiger partial charge in [0.05, 0.1) is 0 Å². The number of piperazine rings is 1. The summed E-state index contributed by atoms with van der Waals surface area (Å²) in [5.74, 6) is 1.02. The number of rotatable bonds is 7. The summed E-state index contributed by atoms with van der Waals surface area (Å²) in [6.45, 7) is 10.5. The molecule has 1 fully saturated rings. The molecule has 1 saturated heterocycles. The van der Waals surface area contributed by atoms with E-state index in [0.717, 1.165) is 51.6 Å². The van der Waals surface area contributed by atoms with Gasteiger partial charge in [0.25, 0.3) is 0 Å². The first-order chi connectivity index (χ1) is 8.59. The van der Waals surface area contributed by atoms with Gasteiger partial charge in [-0.2, -0.15) is 0 Å². The standard InChI is InChI=1S/C14H29N3O/c1-13(2)5-4-9-16(3)14(18)6-10-17-11-7-15-8-12-17/h13,15H,4-12H2,1-3H3. The van der Waals surface area contributed by atoms with Gasteiger partial charge >= 0.3 is 0 Å². The van der Waals surface area contributed by atoms with E-state index >= 15 is 0 Å². The number of amides is 1. The summed E-state index contributed by atoms with van der Waals surface area (Å²) in [5, 5.41) is 3.33. The Morgan fingerprint density at radius 1 is 1.33 bits per heavy atom. The number of carbonyl (C=O) groups is 1. The third-order valence-electron chi connectivity index (χ3n) is 3.55. The maximum Gasteiger partial charge on any atom is 0.223 e. The summed E-state index contributed by atoms with van der Waals surface area (Å²) in [4.78, 5) is 16.2. The van der Waals surface area contributed by atoms with Crippen molar-refractivity contribution in [2.24, 2.45) is 5.92 Å². The van der Waals surface area contributed by atoms with Crippen LogP contribution in [0.4, 0.5) is 0 Å². The van der Waals surface area contributed by atoms with Gasteiger partial charge < -0.3 is 15.1 Å². The van der Waals surface area contributed by atoms with Crippen LogP contribution in [0.3, 0.4) is 0 Å². The Morgan fingerprint density at radius 3 is 2.61 bits per heavy atom. The number of hydrogen-bond donors (Lipinski definition) is 1. The van der Waals surface area contributed by atoms with Crippen molar-refractivity contribution in [3.8, 4) is 0 Å². The molecule has 0 bridgehead atoms. The Labute approximate surface area is 112 Å². The van der Waals surface area contributed by atoms with Crippen LogP contribution in [0.2, 0.25) is 0 Å². The zero-order chi connectivity index (χ0) is 13.4. The molecule has 0 aromatic heterocycles. The molecule has 4 nitrogen and oxygen atoms in total. The monoisotopic (exact) mass is 255 g/mol.